The first-order chi connectivity index (χ1) is 8.99. The van der Waals surface area contributed by atoms with Gasteiger partial charge in [-0.2, -0.15) is 0 Å². The van der Waals surface area contributed by atoms with Gasteiger partial charge in [0.05, 0.1) is 5.69 Å². The maximum atomic E-state index is 13.6. The summed E-state index contributed by atoms with van der Waals surface area (Å²) in [6, 6.07) is 3.39. The van der Waals surface area contributed by atoms with Crippen molar-refractivity contribution < 1.29 is 13.6 Å². The number of halogens is 2. The molecule has 1 fully saturated rings. The summed E-state index contributed by atoms with van der Waals surface area (Å²) in [5, 5.41) is 0. The van der Waals surface area contributed by atoms with Gasteiger partial charge in [0, 0.05) is 25.1 Å². The predicted octanol–water partition coefficient (Wildman–Crippen LogP) is 2.45. The van der Waals surface area contributed by atoms with Gasteiger partial charge in [0.1, 0.15) is 11.6 Å². The SMILES string of the molecule is CN(C(=O)C1CCC(N)CC1)c1ccc(F)cc1F. The third-order valence-electron chi connectivity index (χ3n) is 3.72. The topological polar surface area (TPSA) is 46.3 Å². The minimum atomic E-state index is -0.719. The molecule has 19 heavy (non-hydrogen) atoms. The molecular weight excluding hydrogens is 250 g/mol. The number of carbonyl (C=O) groups excluding carboxylic acids is 1. The van der Waals surface area contributed by atoms with Crippen molar-refractivity contribution in [1.29, 1.82) is 0 Å². The number of hydrogen-bond donors (Lipinski definition) is 1. The van der Waals surface area contributed by atoms with E-state index in [4.69, 9.17) is 5.73 Å². The molecule has 0 atom stereocenters. The molecule has 1 aliphatic carbocycles. The van der Waals surface area contributed by atoms with Crippen LogP contribution in [-0.4, -0.2) is 19.0 Å². The van der Waals surface area contributed by atoms with Crippen LogP contribution in [0.15, 0.2) is 18.2 Å². The molecule has 3 nitrogen and oxygen atoms in total. The second-order valence-corrected chi connectivity index (χ2v) is 5.10. The van der Waals surface area contributed by atoms with E-state index < -0.39 is 11.6 Å². The smallest absolute Gasteiger partial charge is 0.229 e. The summed E-state index contributed by atoms with van der Waals surface area (Å²) in [4.78, 5) is 13.5. The highest BCUT2D eigenvalue weighted by Gasteiger charge is 2.28. The molecule has 0 aliphatic heterocycles. The molecule has 0 spiro atoms. The number of benzene rings is 1. The maximum absolute atomic E-state index is 13.6. The van der Waals surface area contributed by atoms with Gasteiger partial charge in [-0.1, -0.05) is 0 Å². The van der Waals surface area contributed by atoms with Crippen LogP contribution in [0.3, 0.4) is 0 Å². The lowest BCUT2D eigenvalue weighted by Crippen LogP contribution is -2.37. The van der Waals surface area contributed by atoms with E-state index in [0.717, 1.165) is 37.8 Å². The molecule has 0 aromatic heterocycles. The Kier molecular flexibility index (Phi) is 4.14. The Morgan fingerprint density at radius 3 is 2.47 bits per heavy atom. The zero-order chi connectivity index (χ0) is 14.0. The highest BCUT2D eigenvalue weighted by molar-refractivity contribution is 5.94. The van der Waals surface area contributed by atoms with Gasteiger partial charge in [-0.25, -0.2) is 8.78 Å². The van der Waals surface area contributed by atoms with Crippen LogP contribution in [0.2, 0.25) is 0 Å². The molecule has 2 rings (SSSR count). The van der Waals surface area contributed by atoms with Crippen molar-refractivity contribution in [2.75, 3.05) is 11.9 Å². The van der Waals surface area contributed by atoms with Gasteiger partial charge in [0.25, 0.3) is 0 Å². The Morgan fingerprint density at radius 2 is 1.89 bits per heavy atom. The molecule has 1 aliphatic rings. The lowest BCUT2D eigenvalue weighted by atomic mass is 9.85. The van der Waals surface area contributed by atoms with Gasteiger partial charge < -0.3 is 10.6 Å². The van der Waals surface area contributed by atoms with Crippen molar-refractivity contribution >= 4 is 11.6 Å². The van der Waals surface area contributed by atoms with Crippen LogP contribution in [0.4, 0.5) is 14.5 Å². The Labute approximate surface area is 111 Å². The minimum absolute atomic E-state index is 0.112. The third kappa shape index (κ3) is 3.10. The average molecular weight is 268 g/mol. The molecule has 1 amide bonds. The lowest BCUT2D eigenvalue weighted by Gasteiger charge is -2.29. The van der Waals surface area contributed by atoms with Crippen molar-refractivity contribution in [2.24, 2.45) is 11.7 Å². The van der Waals surface area contributed by atoms with E-state index in [1.165, 1.54) is 18.0 Å². The third-order valence-corrected chi connectivity index (χ3v) is 3.72. The molecule has 5 heteroatoms. The van der Waals surface area contributed by atoms with Crippen LogP contribution in [0, 0.1) is 17.6 Å². The summed E-state index contributed by atoms with van der Waals surface area (Å²) in [5.74, 6) is -1.61. The lowest BCUT2D eigenvalue weighted by molar-refractivity contribution is -0.123. The van der Waals surface area contributed by atoms with Crippen molar-refractivity contribution in [3.8, 4) is 0 Å². The van der Waals surface area contributed by atoms with E-state index in [0.29, 0.717) is 0 Å². The second kappa shape index (κ2) is 5.65. The van der Waals surface area contributed by atoms with E-state index >= 15 is 0 Å². The molecule has 0 saturated heterocycles. The van der Waals surface area contributed by atoms with E-state index in [1.54, 1.807) is 0 Å². The number of carbonyl (C=O) groups is 1. The molecular formula is C14H18F2N2O. The van der Waals surface area contributed by atoms with Crippen LogP contribution >= 0.6 is 0 Å². The number of rotatable bonds is 2. The summed E-state index contributed by atoms with van der Waals surface area (Å²) in [6.07, 6.45) is 3.09. The van der Waals surface area contributed by atoms with Gasteiger partial charge in [-0.05, 0) is 37.8 Å². The van der Waals surface area contributed by atoms with Crippen molar-refractivity contribution in [3.63, 3.8) is 0 Å². The maximum Gasteiger partial charge on any atom is 0.229 e. The highest BCUT2D eigenvalue weighted by Crippen LogP contribution is 2.27. The number of hydrogen-bond acceptors (Lipinski definition) is 2. The first kappa shape index (κ1) is 13.9. The first-order valence-electron chi connectivity index (χ1n) is 6.47. The summed E-state index contributed by atoms with van der Waals surface area (Å²) in [7, 11) is 1.52. The summed E-state index contributed by atoms with van der Waals surface area (Å²) in [6.45, 7) is 0. The summed E-state index contributed by atoms with van der Waals surface area (Å²) in [5.41, 5.74) is 5.91. The Hall–Kier alpha value is -1.49. The molecule has 0 bridgehead atoms. The molecule has 1 saturated carbocycles. The minimum Gasteiger partial charge on any atom is -0.328 e. The van der Waals surface area contributed by atoms with Gasteiger partial charge in [0.15, 0.2) is 0 Å². The largest absolute Gasteiger partial charge is 0.328 e. The van der Waals surface area contributed by atoms with E-state index in [2.05, 4.69) is 0 Å². The first-order valence-corrected chi connectivity index (χ1v) is 6.47. The van der Waals surface area contributed by atoms with E-state index in [-0.39, 0.29) is 23.6 Å². The Morgan fingerprint density at radius 1 is 1.26 bits per heavy atom. The molecule has 0 heterocycles. The van der Waals surface area contributed by atoms with Crippen LogP contribution in [0.5, 0.6) is 0 Å². The average Bonchev–Trinajstić information content (AvgIpc) is 2.38. The molecule has 0 radical (unpaired) electrons. The molecule has 1 aromatic carbocycles. The molecule has 2 N–H and O–H groups in total. The van der Waals surface area contributed by atoms with Gasteiger partial charge in [-0.15, -0.1) is 0 Å². The highest BCUT2D eigenvalue weighted by atomic mass is 19.1. The number of nitrogens with zero attached hydrogens (tertiary/aromatic N) is 1. The van der Waals surface area contributed by atoms with Gasteiger partial charge in [0.2, 0.25) is 5.91 Å². The van der Waals surface area contributed by atoms with Crippen LogP contribution in [0.25, 0.3) is 0 Å². The van der Waals surface area contributed by atoms with Gasteiger partial charge >= 0.3 is 0 Å². The van der Waals surface area contributed by atoms with Crippen molar-refractivity contribution in [1.82, 2.24) is 0 Å². The monoisotopic (exact) mass is 268 g/mol. The second-order valence-electron chi connectivity index (χ2n) is 5.10. The summed E-state index contributed by atoms with van der Waals surface area (Å²) < 4.78 is 26.5. The predicted molar refractivity (Wildman–Crippen MR) is 69.7 cm³/mol. The summed E-state index contributed by atoms with van der Waals surface area (Å²) >= 11 is 0. The molecule has 104 valence electrons. The fourth-order valence-corrected chi connectivity index (χ4v) is 2.51. The molecule has 0 unspecified atom stereocenters. The standard InChI is InChI=1S/C14H18F2N2O/c1-18(13-7-4-10(15)8-12(13)16)14(19)9-2-5-11(17)6-3-9/h4,7-9,11H,2-3,5-6,17H2,1H3. The quantitative estimate of drug-likeness (QED) is 0.895. The van der Waals surface area contributed by atoms with E-state index in [1.807, 2.05) is 0 Å². The Bertz CT molecular complexity index is 471. The van der Waals surface area contributed by atoms with Crippen LogP contribution < -0.4 is 10.6 Å². The van der Waals surface area contributed by atoms with Crippen molar-refractivity contribution in [2.45, 2.75) is 31.7 Å². The number of nitrogens with two attached hydrogens (primary N) is 1. The number of anilines is 1. The number of amides is 1. The van der Waals surface area contributed by atoms with Crippen molar-refractivity contribution in [3.05, 3.63) is 29.8 Å². The molecule has 1 aromatic rings. The fraction of sp³-hybridized carbons (Fsp3) is 0.500. The van der Waals surface area contributed by atoms with Crippen LogP contribution in [-0.2, 0) is 4.79 Å². The Balaban J connectivity index is 2.10. The zero-order valence-electron chi connectivity index (χ0n) is 10.9. The normalized spacial score (nSPS) is 23.2. The zero-order valence-corrected chi connectivity index (χ0v) is 10.9. The van der Waals surface area contributed by atoms with E-state index in [9.17, 15) is 13.6 Å². The van der Waals surface area contributed by atoms with Gasteiger partial charge in [-0.3, -0.25) is 4.79 Å². The van der Waals surface area contributed by atoms with Crippen LogP contribution in [0.1, 0.15) is 25.7 Å². The fourth-order valence-electron chi connectivity index (χ4n) is 2.51.